The average molecular weight is 342 g/mol. The first-order valence-corrected chi connectivity index (χ1v) is 8.18. The standard InChI is InChI=1S/C17H16ClN5O/c18-13-2-1-3-15(8-13)23-10-12(9-20-23)17(24)21-14-4-5-16-19-6-7-22(16)11-14/h1-3,6-10,14H,4-5,11H2,(H,21,24)/t14-/m1/s1. The van der Waals surface area contributed by atoms with Crippen molar-refractivity contribution in [2.45, 2.75) is 25.4 Å². The van der Waals surface area contributed by atoms with E-state index in [1.165, 1.54) is 0 Å². The number of fused-ring (bicyclic) bond motifs is 1. The molecule has 1 aromatic carbocycles. The Hall–Kier alpha value is -2.60. The van der Waals surface area contributed by atoms with E-state index in [1.54, 1.807) is 35.4 Å². The number of benzene rings is 1. The van der Waals surface area contributed by atoms with Gasteiger partial charge in [0.05, 0.1) is 17.4 Å². The molecule has 1 aliphatic heterocycles. The number of nitrogens with zero attached hydrogens (tertiary/aromatic N) is 4. The molecule has 0 saturated heterocycles. The molecule has 4 rings (SSSR count). The largest absolute Gasteiger partial charge is 0.347 e. The molecule has 3 heterocycles. The van der Waals surface area contributed by atoms with Gasteiger partial charge < -0.3 is 9.88 Å². The van der Waals surface area contributed by atoms with Crippen LogP contribution in [0.3, 0.4) is 0 Å². The highest BCUT2D eigenvalue weighted by Crippen LogP contribution is 2.16. The number of carbonyl (C=O) groups excluding carboxylic acids is 1. The van der Waals surface area contributed by atoms with Crippen LogP contribution in [0.1, 0.15) is 22.6 Å². The van der Waals surface area contributed by atoms with Crippen molar-refractivity contribution in [3.63, 3.8) is 0 Å². The third kappa shape index (κ3) is 2.92. The first-order valence-electron chi connectivity index (χ1n) is 7.80. The lowest BCUT2D eigenvalue weighted by atomic mass is 10.1. The molecular formula is C17H16ClN5O. The van der Waals surface area contributed by atoms with E-state index in [4.69, 9.17) is 11.6 Å². The minimum absolute atomic E-state index is 0.105. The predicted octanol–water partition coefficient (Wildman–Crippen LogP) is 2.47. The fourth-order valence-corrected chi connectivity index (χ4v) is 3.14. The molecule has 24 heavy (non-hydrogen) atoms. The Morgan fingerprint density at radius 2 is 2.29 bits per heavy atom. The summed E-state index contributed by atoms with van der Waals surface area (Å²) in [6.45, 7) is 0.753. The molecule has 7 heteroatoms. The fraction of sp³-hybridized carbons (Fsp3) is 0.235. The molecule has 6 nitrogen and oxygen atoms in total. The van der Waals surface area contributed by atoms with Gasteiger partial charge in [0, 0.05) is 42.6 Å². The second-order valence-electron chi connectivity index (χ2n) is 5.86. The first kappa shape index (κ1) is 15.0. The van der Waals surface area contributed by atoms with Crippen molar-refractivity contribution >= 4 is 17.5 Å². The van der Waals surface area contributed by atoms with Gasteiger partial charge in [0.25, 0.3) is 5.91 Å². The van der Waals surface area contributed by atoms with E-state index in [0.29, 0.717) is 10.6 Å². The van der Waals surface area contributed by atoms with Crippen molar-refractivity contribution in [1.82, 2.24) is 24.6 Å². The van der Waals surface area contributed by atoms with Crippen LogP contribution in [0.15, 0.2) is 49.1 Å². The van der Waals surface area contributed by atoms with Crippen LogP contribution in [0.2, 0.25) is 5.02 Å². The molecule has 0 fully saturated rings. The van der Waals surface area contributed by atoms with Crippen LogP contribution >= 0.6 is 11.6 Å². The number of hydrogen-bond donors (Lipinski definition) is 1. The summed E-state index contributed by atoms with van der Waals surface area (Å²) in [6, 6.07) is 7.45. The summed E-state index contributed by atoms with van der Waals surface area (Å²) >= 11 is 6.00. The molecule has 1 amide bonds. The number of amides is 1. The lowest BCUT2D eigenvalue weighted by molar-refractivity contribution is 0.0927. The molecular weight excluding hydrogens is 326 g/mol. The van der Waals surface area contributed by atoms with E-state index in [9.17, 15) is 4.79 Å². The molecule has 0 aliphatic carbocycles. The van der Waals surface area contributed by atoms with Gasteiger partial charge in [-0.2, -0.15) is 5.10 Å². The van der Waals surface area contributed by atoms with Crippen LogP contribution in [0.5, 0.6) is 0 Å². The third-order valence-corrected chi connectivity index (χ3v) is 4.42. The van der Waals surface area contributed by atoms with Crippen LogP contribution < -0.4 is 5.32 Å². The maximum Gasteiger partial charge on any atom is 0.254 e. The highest BCUT2D eigenvalue weighted by Gasteiger charge is 2.21. The second kappa shape index (κ2) is 6.13. The maximum absolute atomic E-state index is 12.5. The van der Waals surface area contributed by atoms with Crippen molar-refractivity contribution in [3.8, 4) is 5.69 Å². The summed E-state index contributed by atoms with van der Waals surface area (Å²) in [5.74, 6) is 0.964. The van der Waals surface area contributed by atoms with Crippen LogP contribution in [0, 0.1) is 0 Å². The number of nitrogens with one attached hydrogen (secondary N) is 1. The minimum Gasteiger partial charge on any atom is -0.347 e. The second-order valence-corrected chi connectivity index (χ2v) is 6.29. The van der Waals surface area contributed by atoms with E-state index in [2.05, 4.69) is 20.0 Å². The minimum atomic E-state index is -0.114. The fourth-order valence-electron chi connectivity index (χ4n) is 2.95. The van der Waals surface area contributed by atoms with Gasteiger partial charge in [-0.15, -0.1) is 0 Å². The number of imidazole rings is 1. The smallest absolute Gasteiger partial charge is 0.254 e. The van der Waals surface area contributed by atoms with Gasteiger partial charge in [-0.3, -0.25) is 4.79 Å². The monoisotopic (exact) mass is 341 g/mol. The Bertz CT molecular complexity index is 885. The normalized spacial score (nSPS) is 16.6. The zero-order valence-corrected chi connectivity index (χ0v) is 13.6. The Labute approximate surface area is 144 Å². The summed E-state index contributed by atoms with van der Waals surface area (Å²) in [5, 5.41) is 7.96. The van der Waals surface area contributed by atoms with Crippen molar-refractivity contribution < 1.29 is 4.79 Å². The molecule has 3 aromatic rings. The Kier molecular flexibility index (Phi) is 3.82. The van der Waals surface area contributed by atoms with Crippen LogP contribution in [-0.2, 0) is 13.0 Å². The predicted molar refractivity (Wildman–Crippen MR) is 90.4 cm³/mol. The highest BCUT2D eigenvalue weighted by atomic mass is 35.5. The quantitative estimate of drug-likeness (QED) is 0.796. The lowest BCUT2D eigenvalue weighted by Crippen LogP contribution is -2.40. The van der Waals surface area contributed by atoms with Gasteiger partial charge in [-0.1, -0.05) is 17.7 Å². The van der Waals surface area contributed by atoms with Crippen LogP contribution in [-0.4, -0.2) is 31.3 Å². The molecule has 1 atom stereocenters. The van der Waals surface area contributed by atoms with E-state index in [0.717, 1.165) is 30.9 Å². The Balaban J connectivity index is 1.46. The molecule has 0 unspecified atom stereocenters. The lowest BCUT2D eigenvalue weighted by Gasteiger charge is -2.24. The molecule has 0 bridgehead atoms. The average Bonchev–Trinajstić information content (AvgIpc) is 3.24. The molecule has 2 aromatic heterocycles. The summed E-state index contributed by atoms with van der Waals surface area (Å²) in [4.78, 5) is 16.8. The SMILES string of the molecule is O=C(N[C@@H]1CCc2nccn2C1)c1cnn(-c2cccc(Cl)c2)c1. The van der Waals surface area contributed by atoms with Gasteiger partial charge >= 0.3 is 0 Å². The zero-order valence-electron chi connectivity index (χ0n) is 12.9. The first-order chi connectivity index (χ1) is 11.7. The van der Waals surface area contributed by atoms with Gasteiger partial charge in [0.2, 0.25) is 0 Å². The van der Waals surface area contributed by atoms with Crippen LogP contribution in [0.4, 0.5) is 0 Å². The summed E-state index contributed by atoms with van der Waals surface area (Å²) in [5.41, 5.74) is 1.36. The van der Waals surface area contributed by atoms with Crippen molar-refractivity contribution in [2.75, 3.05) is 0 Å². The van der Waals surface area contributed by atoms with Crippen molar-refractivity contribution in [3.05, 3.63) is 65.5 Å². The van der Waals surface area contributed by atoms with E-state index < -0.39 is 0 Å². The molecule has 0 spiro atoms. The number of halogens is 1. The van der Waals surface area contributed by atoms with Gasteiger partial charge in [-0.25, -0.2) is 9.67 Å². The Morgan fingerprint density at radius 3 is 3.17 bits per heavy atom. The highest BCUT2D eigenvalue weighted by molar-refractivity contribution is 6.30. The van der Waals surface area contributed by atoms with Gasteiger partial charge in [0.15, 0.2) is 0 Å². The van der Waals surface area contributed by atoms with Crippen LogP contribution in [0.25, 0.3) is 5.69 Å². The van der Waals surface area contributed by atoms with E-state index in [1.807, 2.05) is 18.3 Å². The van der Waals surface area contributed by atoms with E-state index in [-0.39, 0.29) is 11.9 Å². The summed E-state index contributed by atoms with van der Waals surface area (Å²) < 4.78 is 3.74. The van der Waals surface area contributed by atoms with Crippen molar-refractivity contribution in [1.29, 1.82) is 0 Å². The third-order valence-electron chi connectivity index (χ3n) is 4.19. The molecule has 1 aliphatic rings. The number of aryl methyl sites for hydroxylation is 1. The van der Waals surface area contributed by atoms with Crippen molar-refractivity contribution in [2.24, 2.45) is 0 Å². The molecule has 0 radical (unpaired) electrons. The number of hydrogen-bond acceptors (Lipinski definition) is 3. The van der Waals surface area contributed by atoms with E-state index >= 15 is 0 Å². The Morgan fingerprint density at radius 1 is 1.38 bits per heavy atom. The number of rotatable bonds is 3. The molecule has 122 valence electrons. The molecule has 0 saturated carbocycles. The molecule has 1 N–H and O–H groups in total. The number of aromatic nitrogens is 4. The topological polar surface area (TPSA) is 64.7 Å². The van der Waals surface area contributed by atoms with Gasteiger partial charge in [-0.05, 0) is 24.6 Å². The van der Waals surface area contributed by atoms with Gasteiger partial charge in [0.1, 0.15) is 5.82 Å². The summed E-state index contributed by atoms with van der Waals surface area (Å²) in [6.07, 6.45) is 8.80. The maximum atomic E-state index is 12.5. The summed E-state index contributed by atoms with van der Waals surface area (Å²) in [7, 11) is 0. The number of carbonyl (C=O) groups is 1. The zero-order chi connectivity index (χ0) is 16.5.